The van der Waals surface area contributed by atoms with Gasteiger partial charge in [-0.3, -0.25) is 9.59 Å². The van der Waals surface area contributed by atoms with E-state index >= 15 is 0 Å². The van der Waals surface area contributed by atoms with Crippen LogP contribution in [0.4, 0.5) is 0 Å². The van der Waals surface area contributed by atoms with Gasteiger partial charge in [-0.25, -0.2) is 0 Å². The van der Waals surface area contributed by atoms with Gasteiger partial charge in [0.15, 0.2) is 6.10 Å². The third-order valence-electron chi connectivity index (χ3n) is 2.63. The molecule has 0 aliphatic heterocycles. The van der Waals surface area contributed by atoms with Crippen molar-refractivity contribution in [1.82, 2.24) is 5.32 Å². The number of hydrogen-bond donors (Lipinski definition) is 1. The first kappa shape index (κ1) is 14.2. The van der Waals surface area contributed by atoms with Crippen molar-refractivity contribution in [3.63, 3.8) is 0 Å². The molecule has 0 aliphatic carbocycles. The molecule has 1 rings (SSSR count). The lowest BCUT2D eigenvalue weighted by atomic mass is 10.1. The molecule has 1 unspecified atom stereocenters. The Morgan fingerprint density at radius 1 is 1.39 bits per heavy atom. The van der Waals surface area contributed by atoms with Crippen molar-refractivity contribution in [3.05, 3.63) is 28.8 Å². The topological polar surface area (TPSA) is 55.4 Å². The number of carbonyl (C=O) groups is 2. The molecule has 0 heterocycles. The first-order valence-corrected chi connectivity index (χ1v) is 6.00. The number of aryl methyl sites for hydroxylation is 2. The Morgan fingerprint density at radius 3 is 2.39 bits per heavy atom. The highest BCUT2D eigenvalue weighted by Crippen LogP contribution is 2.25. The van der Waals surface area contributed by atoms with Gasteiger partial charge in [0, 0.05) is 12.1 Å². The fourth-order valence-electron chi connectivity index (χ4n) is 1.79. The fourth-order valence-corrected chi connectivity index (χ4v) is 1.79. The van der Waals surface area contributed by atoms with Gasteiger partial charge in [0.05, 0.1) is 0 Å². The third-order valence-corrected chi connectivity index (χ3v) is 2.63. The van der Waals surface area contributed by atoms with Crippen molar-refractivity contribution in [2.75, 3.05) is 6.54 Å². The normalized spacial score (nSPS) is 11.8. The summed E-state index contributed by atoms with van der Waals surface area (Å²) in [7, 11) is 0. The third kappa shape index (κ3) is 3.32. The lowest BCUT2D eigenvalue weighted by Gasteiger charge is -2.18. The molecule has 1 amide bonds. The maximum absolute atomic E-state index is 11.6. The number of ether oxygens (including phenoxy) is 1. The van der Waals surface area contributed by atoms with Crippen LogP contribution >= 0.6 is 0 Å². The standard InChI is InChI=1S/C14H19NO3/c1-5-15-14(17)11(4)18-13-9(2)6-12(8-16)7-10(13)3/h6-8,11H,5H2,1-4H3,(H,15,17). The number of rotatable bonds is 5. The van der Waals surface area contributed by atoms with Crippen LogP contribution in [0.5, 0.6) is 5.75 Å². The van der Waals surface area contributed by atoms with E-state index in [4.69, 9.17) is 4.74 Å². The number of likely N-dealkylation sites (N-methyl/N-ethyl adjacent to an activating group) is 1. The van der Waals surface area contributed by atoms with Crippen molar-refractivity contribution in [2.45, 2.75) is 33.8 Å². The first-order valence-electron chi connectivity index (χ1n) is 6.00. The van der Waals surface area contributed by atoms with Crippen LogP contribution in [-0.2, 0) is 4.79 Å². The van der Waals surface area contributed by atoms with E-state index in [1.54, 1.807) is 19.1 Å². The maximum atomic E-state index is 11.6. The zero-order chi connectivity index (χ0) is 13.7. The van der Waals surface area contributed by atoms with E-state index in [0.717, 1.165) is 17.4 Å². The van der Waals surface area contributed by atoms with E-state index in [9.17, 15) is 9.59 Å². The monoisotopic (exact) mass is 249 g/mol. The highest BCUT2D eigenvalue weighted by atomic mass is 16.5. The van der Waals surface area contributed by atoms with Gasteiger partial charge in [-0.15, -0.1) is 0 Å². The van der Waals surface area contributed by atoms with Gasteiger partial charge in [-0.05, 0) is 51.0 Å². The average Bonchev–Trinajstić information content (AvgIpc) is 2.33. The Hall–Kier alpha value is -1.84. The van der Waals surface area contributed by atoms with E-state index < -0.39 is 6.10 Å². The van der Waals surface area contributed by atoms with Crippen molar-refractivity contribution in [3.8, 4) is 5.75 Å². The van der Waals surface area contributed by atoms with Crippen LogP contribution in [0, 0.1) is 13.8 Å². The molecule has 98 valence electrons. The number of aldehydes is 1. The van der Waals surface area contributed by atoms with Gasteiger partial charge in [-0.2, -0.15) is 0 Å². The van der Waals surface area contributed by atoms with Crippen LogP contribution in [0.15, 0.2) is 12.1 Å². The van der Waals surface area contributed by atoms with Crippen LogP contribution in [0.1, 0.15) is 35.3 Å². The molecule has 4 heteroatoms. The molecule has 0 spiro atoms. The van der Waals surface area contributed by atoms with Gasteiger partial charge in [0.25, 0.3) is 5.91 Å². The van der Waals surface area contributed by atoms with E-state index in [0.29, 0.717) is 17.9 Å². The molecule has 0 saturated heterocycles. The van der Waals surface area contributed by atoms with Gasteiger partial charge >= 0.3 is 0 Å². The molecule has 1 aromatic carbocycles. The van der Waals surface area contributed by atoms with Gasteiger partial charge in [0.2, 0.25) is 0 Å². The highest BCUT2D eigenvalue weighted by molar-refractivity contribution is 5.81. The molecule has 1 N–H and O–H groups in total. The predicted molar refractivity (Wildman–Crippen MR) is 70.1 cm³/mol. The molecule has 0 saturated carbocycles. The minimum Gasteiger partial charge on any atom is -0.480 e. The van der Waals surface area contributed by atoms with Crippen molar-refractivity contribution >= 4 is 12.2 Å². The minimum absolute atomic E-state index is 0.143. The number of carbonyl (C=O) groups excluding carboxylic acids is 2. The molecule has 0 aliphatic rings. The van der Waals surface area contributed by atoms with E-state index in [2.05, 4.69) is 5.32 Å². The van der Waals surface area contributed by atoms with Gasteiger partial charge in [-0.1, -0.05) is 0 Å². The summed E-state index contributed by atoms with van der Waals surface area (Å²) in [6.07, 6.45) is 0.251. The summed E-state index contributed by atoms with van der Waals surface area (Å²) in [6.45, 7) is 7.87. The minimum atomic E-state index is -0.551. The van der Waals surface area contributed by atoms with E-state index in [1.165, 1.54) is 0 Å². The zero-order valence-electron chi connectivity index (χ0n) is 11.2. The predicted octanol–water partition coefficient (Wildman–Crippen LogP) is 2.02. The summed E-state index contributed by atoms with van der Waals surface area (Å²) in [5.74, 6) is 0.523. The van der Waals surface area contributed by atoms with Gasteiger partial charge in [0.1, 0.15) is 12.0 Å². The second kappa shape index (κ2) is 6.19. The molecule has 1 aromatic rings. The smallest absolute Gasteiger partial charge is 0.260 e. The Morgan fingerprint density at radius 2 is 1.94 bits per heavy atom. The summed E-state index contributed by atoms with van der Waals surface area (Å²) in [5, 5.41) is 2.71. The van der Waals surface area contributed by atoms with E-state index in [-0.39, 0.29) is 5.91 Å². The summed E-state index contributed by atoms with van der Waals surface area (Å²) < 4.78 is 5.66. The summed E-state index contributed by atoms with van der Waals surface area (Å²) in [5.41, 5.74) is 2.32. The largest absolute Gasteiger partial charge is 0.480 e. The molecule has 18 heavy (non-hydrogen) atoms. The maximum Gasteiger partial charge on any atom is 0.260 e. The average molecular weight is 249 g/mol. The number of hydrogen-bond acceptors (Lipinski definition) is 3. The number of benzene rings is 1. The zero-order valence-corrected chi connectivity index (χ0v) is 11.2. The number of amides is 1. The molecule has 0 bridgehead atoms. The highest BCUT2D eigenvalue weighted by Gasteiger charge is 2.16. The van der Waals surface area contributed by atoms with Crippen LogP contribution in [0.25, 0.3) is 0 Å². The van der Waals surface area contributed by atoms with Gasteiger partial charge < -0.3 is 10.1 Å². The van der Waals surface area contributed by atoms with Crippen molar-refractivity contribution in [1.29, 1.82) is 0 Å². The van der Waals surface area contributed by atoms with Crippen LogP contribution < -0.4 is 10.1 Å². The Balaban J connectivity index is 2.91. The van der Waals surface area contributed by atoms with Crippen LogP contribution in [0.2, 0.25) is 0 Å². The molecule has 0 radical (unpaired) electrons. The van der Waals surface area contributed by atoms with Crippen LogP contribution in [0.3, 0.4) is 0 Å². The summed E-state index contributed by atoms with van der Waals surface area (Å²) in [6, 6.07) is 3.50. The quantitative estimate of drug-likeness (QED) is 0.812. The van der Waals surface area contributed by atoms with Crippen molar-refractivity contribution < 1.29 is 14.3 Å². The molecule has 4 nitrogen and oxygen atoms in total. The van der Waals surface area contributed by atoms with E-state index in [1.807, 2.05) is 20.8 Å². The molecular formula is C14H19NO3. The lowest BCUT2D eigenvalue weighted by Crippen LogP contribution is -2.36. The second-order valence-electron chi connectivity index (χ2n) is 4.26. The SMILES string of the molecule is CCNC(=O)C(C)Oc1c(C)cc(C=O)cc1C. The molecule has 0 aromatic heterocycles. The lowest BCUT2D eigenvalue weighted by molar-refractivity contribution is -0.127. The molecule has 0 fully saturated rings. The number of nitrogens with one attached hydrogen (secondary N) is 1. The molecular weight excluding hydrogens is 230 g/mol. The Bertz CT molecular complexity index is 431. The second-order valence-corrected chi connectivity index (χ2v) is 4.26. The Kier molecular flexibility index (Phi) is 4.89. The Labute approximate surface area is 107 Å². The van der Waals surface area contributed by atoms with Crippen molar-refractivity contribution in [2.24, 2.45) is 0 Å². The van der Waals surface area contributed by atoms with Crippen LogP contribution in [-0.4, -0.2) is 24.8 Å². The fraction of sp³-hybridized carbons (Fsp3) is 0.429. The first-order chi connectivity index (χ1) is 8.49. The summed E-state index contributed by atoms with van der Waals surface area (Å²) in [4.78, 5) is 22.3. The molecule has 1 atom stereocenters. The summed E-state index contributed by atoms with van der Waals surface area (Å²) >= 11 is 0.